The Morgan fingerprint density at radius 1 is 1.00 bits per heavy atom. The second kappa shape index (κ2) is 8.70. The van der Waals surface area contributed by atoms with Crippen molar-refractivity contribution in [2.45, 2.75) is 6.54 Å². The molecule has 0 saturated carbocycles. The second-order valence-electron chi connectivity index (χ2n) is 7.14. The van der Waals surface area contributed by atoms with Gasteiger partial charge in [0.25, 0.3) is 0 Å². The van der Waals surface area contributed by atoms with E-state index in [9.17, 15) is 0 Å². The van der Waals surface area contributed by atoms with E-state index in [0.717, 1.165) is 28.1 Å². The summed E-state index contributed by atoms with van der Waals surface area (Å²) in [4.78, 5) is 7.34. The molecule has 0 atom stereocenters. The van der Waals surface area contributed by atoms with Gasteiger partial charge in [-0.25, -0.2) is 4.98 Å². The number of pyridine rings is 1. The van der Waals surface area contributed by atoms with Gasteiger partial charge < -0.3 is 10.6 Å². The van der Waals surface area contributed by atoms with Crippen LogP contribution >= 0.6 is 34.7 Å². The molecule has 2 N–H and O–H groups in total. The summed E-state index contributed by atoms with van der Waals surface area (Å²) < 4.78 is 4.13. The number of hydrogen-bond acceptors (Lipinski definition) is 6. The molecular weight excluding hydrogens is 437 g/mol. The average Bonchev–Trinajstić information content (AvgIpc) is 3.20. The van der Waals surface area contributed by atoms with Crippen LogP contribution in [0, 0.1) is 0 Å². The smallest absolute Gasteiger partial charge is 0.132 e. The van der Waals surface area contributed by atoms with E-state index < -0.39 is 0 Å². The number of anilines is 1. The van der Waals surface area contributed by atoms with Gasteiger partial charge in [-0.2, -0.15) is 0 Å². The lowest BCUT2D eigenvalue weighted by Crippen LogP contribution is -2.10. The summed E-state index contributed by atoms with van der Waals surface area (Å²) in [7, 11) is 4.10. The zero-order valence-electron chi connectivity index (χ0n) is 16.4. The molecule has 2 aromatic carbocycles. The van der Waals surface area contributed by atoms with Gasteiger partial charge >= 0.3 is 0 Å². The van der Waals surface area contributed by atoms with Crippen LogP contribution in [-0.4, -0.2) is 33.6 Å². The lowest BCUT2D eigenvalue weighted by Gasteiger charge is -2.11. The lowest BCUT2D eigenvalue weighted by molar-refractivity contribution is 0.402. The molecule has 152 valence electrons. The number of hydrogen-bond donors (Lipinski definition) is 1. The molecule has 0 unspecified atom stereocenters. The number of rotatable bonds is 5. The van der Waals surface area contributed by atoms with Crippen LogP contribution < -0.4 is 5.73 Å². The number of benzene rings is 2. The molecule has 0 spiro atoms. The molecule has 4 aromatic rings. The first kappa shape index (κ1) is 20.8. The highest BCUT2D eigenvalue weighted by atomic mass is 35.5. The summed E-state index contributed by atoms with van der Waals surface area (Å²) >= 11 is 13.9. The average molecular weight is 456 g/mol. The normalized spacial score (nSPS) is 11.2. The van der Waals surface area contributed by atoms with E-state index in [1.165, 1.54) is 17.1 Å². The van der Waals surface area contributed by atoms with E-state index in [2.05, 4.69) is 57.8 Å². The fourth-order valence-corrected chi connectivity index (χ4v) is 4.37. The van der Waals surface area contributed by atoms with Crippen LogP contribution in [0.25, 0.3) is 32.8 Å². The van der Waals surface area contributed by atoms with E-state index in [1.807, 2.05) is 18.2 Å². The third-order valence-electron chi connectivity index (χ3n) is 4.64. The predicted molar refractivity (Wildman–Crippen MR) is 126 cm³/mol. The molecule has 0 fully saturated rings. The number of nitrogens with two attached hydrogens (primary N) is 1. The maximum absolute atomic E-state index is 6.43. The fourth-order valence-electron chi connectivity index (χ4n) is 3.21. The van der Waals surface area contributed by atoms with E-state index in [1.54, 1.807) is 12.3 Å². The minimum atomic E-state index is 0.384. The Bertz CT molecular complexity index is 1190. The van der Waals surface area contributed by atoms with Gasteiger partial charge in [0.05, 0.1) is 14.9 Å². The van der Waals surface area contributed by atoms with Gasteiger partial charge in [-0.1, -0.05) is 64.1 Å². The molecule has 0 radical (unpaired) electrons. The molecule has 0 bridgehead atoms. The summed E-state index contributed by atoms with van der Waals surface area (Å²) in [6.45, 7) is 0.889. The van der Waals surface area contributed by atoms with Gasteiger partial charge in [0, 0.05) is 29.4 Å². The Balaban J connectivity index is 1.76. The van der Waals surface area contributed by atoms with Crippen molar-refractivity contribution in [1.29, 1.82) is 0 Å². The van der Waals surface area contributed by atoms with Crippen molar-refractivity contribution in [3.8, 4) is 32.8 Å². The first-order chi connectivity index (χ1) is 14.4. The summed E-state index contributed by atoms with van der Waals surface area (Å²) in [5, 5.41) is 5.26. The van der Waals surface area contributed by atoms with Crippen LogP contribution in [0.4, 0.5) is 5.82 Å². The van der Waals surface area contributed by atoms with Gasteiger partial charge in [-0.15, -0.1) is 5.10 Å². The molecule has 5 nitrogen and oxygen atoms in total. The highest BCUT2D eigenvalue weighted by Crippen LogP contribution is 2.41. The van der Waals surface area contributed by atoms with Gasteiger partial charge in [0.15, 0.2) is 0 Å². The van der Waals surface area contributed by atoms with Crippen LogP contribution in [0.15, 0.2) is 54.7 Å². The largest absolute Gasteiger partial charge is 0.383 e. The first-order valence-electron chi connectivity index (χ1n) is 9.20. The van der Waals surface area contributed by atoms with Gasteiger partial charge in [0.1, 0.15) is 11.5 Å². The zero-order valence-corrected chi connectivity index (χ0v) is 18.8. The van der Waals surface area contributed by atoms with Crippen LogP contribution in [-0.2, 0) is 6.54 Å². The minimum Gasteiger partial charge on any atom is -0.383 e. The van der Waals surface area contributed by atoms with Crippen LogP contribution in [0.2, 0.25) is 10.0 Å². The molecule has 0 amide bonds. The third-order valence-corrected chi connectivity index (χ3v) is 6.22. The molecule has 0 aliphatic heterocycles. The van der Waals surface area contributed by atoms with Crippen molar-refractivity contribution in [1.82, 2.24) is 19.5 Å². The number of nitrogen functional groups attached to an aromatic ring is 1. The molecular formula is C22H19Cl2N5S. The van der Waals surface area contributed by atoms with Crippen LogP contribution in [0.3, 0.4) is 0 Å². The molecule has 4 rings (SSSR count). The molecule has 2 aromatic heterocycles. The number of halogens is 2. The highest BCUT2D eigenvalue weighted by molar-refractivity contribution is 7.10. The summed E-state index contributed by atoms with van der Waals surface area (Å²) in [6.07, 6.45) is 1.77. The van der Waals surface area contributed by atoms with Gasteiger partial charge in [0.2, 0.25) is 0 Å². The topological polar surface area (TPSA) is 67.9 Å². The fraction of sp³-hybridized carbons (Fsp3) is 0.136. The van der Waals surface area contributed by atoms with Gasteiger partial charge in [-0.05, 0) is 48.9 Å². The van der Waals surface area contributed by atoms with E-state index in [0.29, 0.717) is 27.1 Å². The molecule has 0 aliphatic rings. The van der Waals surface area contributed by atoms with E-state index >= 15 is 0 Å². The first-order valence-corrected chi connectivity index (χ1v) is 10.7. The van der Waals surface area contributed by atoms with Crippen molar-refractivity contribution in [3.05, 3.63) is 70.3 Å². The molecule has 0 aliphatic carbocycles. The molecule has 0 saturated heterocycles. The maximum Gasteiger partial charge on any atom is 0.132 e. The monoisotopic (exact) mass is 455 g/mol. The molecule has 8 heteroatoms. The second-order valence-corrected chi connectivity index (χ2v) is 8.68. The highest BCUT2D eigenvalue weighted by Gasteiger charge is 2.19. The van der Waals surface area contributed by atoms with Gasteiger partial charge in [-0.3, -0.25) is 0 Å². The van der Waals surface area contributed by atoms with Crippen molar-refractivity contribution in [3.63, 3.8) is 0 Å². The number of nitrogens with zero attached hydrogens (tertiary/aromatic N) is 4. The standard InChI is InChI=1S/C22H19Cl2N5S/c1-29(2)12-13-6-8-14(9-7-13)15-10-17(22(25)26-11-15)20-21(30-28-27-20)16-4-3-5-18(23)19(16)24/h3-11H,12H2,1-2H3,(H2,25,26). The zero-order chi connectivity index (χ0) is 21.3. The maximum atomic E-state index is 6.43. The number of aromatic nitrogens is 3. The summed E-state index contributed by atoms with van der Waals surface area (Å²) in [5.41, 5.74) is 11.6. The Morgan fingerprint density at radius 3 is 2.50 bits per heavy atom. The SMILES string of the molecule is CN(C)Cc1ccc(-c2cnc(N)c(-c3nnsc3-c3cccc(Cl)c3Cl)c2)cc1. The van der Waals surface area contributed by atoms with Crippen LogP contribution in [0.5, 0.6) is 0 Å². The van der Waals surface area contributed by atoms with Crippen molar-refractivity contribution in [2.75, 3.05) is 19.8 Å². The third kappa shape index (κ3) is 4.18. The van der Waals surface area contributed by atoms with Crippen molar-refractivity contribution >= 4 is 40.6 Å². The Morgan fingerprint density at radius 2 is 1.77 bits per heavy atom. The summed E-state index contributed by atoms with van der Waals surface area (Å²) in [5.74, 6) is 0.384. The quantitative estimate of drug-likeness (QED) is 0.406. The van der Waals surface area contributed by atoms with Crippen molar-refractivity contribution in [2.24, 2.45) is 0 Å². The Hall–Kier alpha value is -2.51. The molecule has 30 heavy (non-hydrogen) atoms. The van der Waals surface area contributed by atoms with E-state index in [4.69, 9.17) is 28.9 Å². The van der Waals surface area contributed by atoms with Crippen LogP contribution in [0.1, 0.15) is 5.56 Å². The summed E-state index contributed by atoms with van der Waals surface area (Å²) in [6, 6.07) is 15.9. The predicted octanol–water partition coefficient (Wildman–Crippen LogP) is 5.88. The minimum absolute atomic E-state index is 0.384. The Kier molecular flexibility index (Phi) is 6.01. The Labute approximate surface area is 189 Å². The van der Waals surface area contributed by atoms with Crippen molar-refractivity contribution < 1.29 is 0 Å². The lowest BCUT2D eigenvalue weighted by atomic mass is 10.0. The molecule has 2 heterocycles. The van der Waals surface area contributed by atoms with E-state index in [-0.39, 0.29) is 0 Å².